The fraction of sp³-hybridized carbons (Fsp3) is 0.348. The highest BCUT2D eigenvalue weighted by Crippen LogP contribution is 2.47. The number of benzene rings is 1. The van der Waals surface area contributed by atoms with E-state index in [-0.39, 0.29) is 18.0 Å². The molecule has 1 amide bonds. The molecule has 1 fully saturated rings. The summed E-state index contributed by atoms with van der Waals surface area (Å²) < 4.78 is 30.6. The van der Waals surface area contributed by atoms with Crippen molar-refractivity contribution in [2.24, 2.45) is 7.05 Å². The lowest BCUT2D eigenvalue weighted by molar-refractivity contribution is 0.0949. The molecule has 0 bridgehead atoms. The van der Waals surface area contributed by atoms with Gasteiger partial charge in [-0.3, -0.25) is 9.59 Å². The molecular weight excluding hydrogens is 458 g/mol. The van der Waals surface area contributed by atoms with Gasteiger partial charge in [0.25, 0.3) is 17.3 Å². The van der Waals surface area contributed by atoms with Crippen LogP contribution in [0, 0.1) is 11.3 Å². The third-order valence-corrected chi connectivity index (χ3v) is 8.50. The van der Waals surface area contributed by atoms with Crippen LogP contribution in [0.1, 0.15) is 41.3 Å². The van der Waals surface area contributed by atoms with Crippen molar-refractivity contribution in [1.29, 1.82) is 5.26 Å². The molecule has 1 saturated carbocycles. The van der Waals surface area contributed by atoms with E-state index in [9.17, 15) is 18.0 Å². The Hall–Kier alpha value is -3.78. The molecule has 2 heterocycles. The van der Waals surface area contributed by atoms with E-state index in [0.29, 0.717) is 29.3 Å². The third-order valence-electron chi connectivity index (χ3n) is 6.28. The molecule has 10 nitrogen and oxygen atoms in total. The monoisotopic (exact) mass is 481 g/mol. The molecule has 3 aromatic rings. The van der Waals surface area contributed by atoms with Crippen LogP contribution in [0.4, 0.5) is 0 Å². The number of aryl methyl sites for hydroxylation is 1. The van der Waals surface area contributed by atoms with Crippen LogP contribution in [0.15, 0.2) is 41.3 Å². The van der Waals surface area contributed by atoms with Gasteiger partial charge >= 0.3 is 0 Å². The van der Waals surface area contributed by atoms with E-state index in [0.717, 1.165) is 5.56 Å². The number of sulfone groups is 1. The summed E-state index contributed by atoms with van der Waals surface area (Å²) >= 11 is 0. The van der Waals surface area contributed by atoms with Crippen LogP contribution in [0.2, 0.25) is 0 Å². The van der Waals surface area contributed by atoms with Crippen LogP contribution < -0.4 is 15.6 Å². The van der Waals surface area contributed by atoms with Crippen molar-refractivity contribution >= 4 is 26.6 Å². The van der Waals surface area contributed by atoms with E-state index in [1.54, 1.807) is 31.2 Å². The lowest BCUT2D eigenvalue weighted by Crippen LogP contribution is -2.38. The fourth-order valence-corrected chi connectivity index (χ4v) is 5.51. The van der Waals surface area contributed by atoms with E-state index >= 15 is 0 Å². The van der Waals surface area contributed by atoms with Crippen molar-refractivity contribution < 1.29 is 17.9 Å². The second-order valence-corrected chi connectivity index (χ2v) is 10.8. The van der Waals surface area contributed by atoms with Gasteiger partial charge in [0.1, 0.15) is 21.9 Å². The zero-order valence-corrected chi connectivity index (χ0v) is 19.7. The summed E-state index contributed by atoms with van der Waals surface area (Å²) in [4.78, 5) is 25.8. The summed E-state index contributed by atoms with van der Waals surface area (Å²) in [6.07, 6.45) is 2.90. The molecule has 1 unspecified atom stereocenters. The molecule has 0 saturated heterocycles. The van der Waals surface area contributed by atoms with Crippen LogP contribution >= 0.6 is 0 Å². The Balaban J connectivity index is 1.61. The number of hydrogen-bond acceptors (Lipinski definition) is 8. The minimum atomic E-state index is -3.34. The van der Waals surface area contributed by atoms with Crippen LogP contribution in [0.25, 0.3) is 10.9 Å². The van der Waals surface area contributed by atoms with E-state index in [4.69, 9.17) is 10.00 Å². The van der Waals surface area contributed by atoms with Crippen molar-refractivity contribution in [1.82, 2.24) is 20.1 Å². The molecule has 2 aromatic heterocycles. The number of hydrogen-bond donors (Lipinski definition) is 1. The first-order valence-corrected chi connectivity index (χ1v) is 12.5. The summed E-state index contributed by atoms with van der Waals surface area (Å²) in [5.41, 5.74) is 0.973. The minimum Gasteiger partial charge on any atom is -0.470 e. The number of rotatable bonds is 7. The molecule has 1 aliphatic rings. The zero-order valence-electron chi connectivity index (χ0n) is 18.9. The predicted octanol–water partition coefficient (Wildman–Crippen LogP) is 1.47. The number of nitriles is 1. The molecule has 1 N–H and O–H groups in total. The van der Waals surface area contributed by atoms with Gasteiger partial charge < -0.3 is 14.6 Å². The topological polar surface area (TPSA) is 144 Å². The lowest BCUT2D eigenvalue weighted by atomic mass is 10.1. The van der Waals surface area contributed by atoms with Crippen LogP contribution in [-0.2, 0) is 23.4 Å². The van der Waals surface area contributed by atoms with Crippen LogP contribution in [-0.4, -0.2) is 46.2 Å². The Kier molecular flexibility index (Phi) is 5.87. The smallest absolute Gasteiger partial charge is 0.263 e. The van der Waals surface area contributed by atoms with Gasteiger partial charge in [-0.15, -0.1) is 5.10 Å². The van der Waals surface area contributed by atoms with E-state index < -0.39 is 32.2 Å². The first-order valence-electron chi connectivity index (χ1n) is 10.6. The summed E-state index contributed by atoms with van der Waals surface area (Å²) in [5.74, 6) is -0.530. The standard InChI is InChI=1S/C23H23N5O5S/c1-14(23(8-9-23)34(3,31)32)33-21-19-17(13-26-27-21)10-18(22(30)28(19)2)20(29)25-12-16-6-4-15(11-24)5-7-16/h4-7,10,13-14H,8-9,12H2,1-3H3,(H,25,29). The normalized spacial score (nSPS) is 15.4. The number of nitrogens with one attached hydrogen (secondary N) is 1. The molecule has 1 aromatic carbocycles. The molecule has 1 atom stereocenters. The number of carbonyl (C=O) groups is 1. The SMILES string of the molecule is CC(Oc1nncc2cc(C(=O)NCc3ccc(C#N)cc3)c(=O)n(C)c12)C1(S(C)(=O)=O)CC1. The Labute approximate surface area is 196 Å². The summed E-state index contributed by atoms with van der Waals surface area (Å²) in [7, 11) is -1.85. The first-order chi connectivity index (χ1) is 16.1. The molecule has 1 aliphatic carbocycles. The Morgan fingerprint density at radius 1 is 1.32 bits per heavy atom. The molecule has 34 heavy (non-hydrogen) atoms. The molecule has 0 spiro atoms. The Bertz CT molecular complexity index is 1490. The minimum absolute atomic E-state index is 0.0315. The van der Waals surface area contributed by atoms with Crippen LogP contribution in [0.5, 0.6) is 5.88 Å². The number of carbonyl (C=O) groups excluding carboxylic acids is 1. The Morgan fingerprint density at radius 2 is 2.00 bits per heavy atom. The highest BCUT2D eigenvalue weighted by molar-refractivity contribution is 7.92. The van der Waals surface area contributed by atoms with Crippen molar-refractivity contribution in [3.8, 4) is 11.9 Å². The summed E-state index contributed by atoms with van der Waals surface area (Å²) in [6, 6.07) is 10.2. The van der Waals surface area contributed by atoms with Crippen LogP contribution in [0.3, 0.4) is 0 Å². The van der Waals surface area contributed by atoms with Gasteiger partial charge in [0, 0.05) is 25.2 Å². The van der Waals surface area contributed by atoms with Gasteiger partial charge in [0.05, 0.1) is 17.8 Å². The highest BCUT2D eigenvalue weighted by atomic mass is 32.2. The van der Waals surface area contributed by atoms with Gasteiger partial charge in [-0.05, 0) is 43.5 Å². The maximum absolute atomic E-state index is 13.0. The number of aromatic nitrogens is 3. The largest absolute Gasteiger partial charge is 0.470 e. The average Bonchev–Trinajstić information content (AvgIpc) is 3.62. The number of fused-ring (bicyclic) bond motifs is 1. The molecule has 0 radical (unpaired) electrons. The number of nitrogens with zero attached hydrogens (tertiary/aromatic N) is 4. The molecular formula is C23H23N5O5S. The van der Waals surface area contributed by atoms with Crippen molar-refractivity contribution in [2.45, 2.75) is 37.2 Å². The maximum atomic E-state index is 13.0. The van der Waals surface area contributed by atoms with Crippen molar-refractivity contribution in [3.63, 3.8) is 0 Å². The number of ether oxygens (including phenoxy) is 1. The van der Waals surface area contributed by atoms with E-state index in [2.05, 4.69) is 15.5 Å². The van der Waals surface area contributed by atoms with E-state index in [1.807, 2.05) is 6.07 Å². The lowest BCUT2D eigenvalue weighted by Gasteiger charge is -2.23. The number of pyridine rings is 1. The molecule has 0 aliphatic heterocycles. The van der Waals surface area contributed by atoms with Gasteiger partial charge in [-0.25, -0.2) is 8.42 Å². The fourth-order valence-electron chi connectivity index (χ4n) is 4.01. The third kappa shape index (κ3) is 4.12. The van der Waals surface area contributed by atoms with Gasteiger partial charge in [-0.1, -0.05) is 12.1 Å². The Morgan fingerprint density at radius 3 is 2.59 bits per heavy atom. The number of amides is 1. The zero-order chi connectivity index (χ0) is 24.7. The molecule has 4 rings (SSSR count). The van der Waals surface area contributed by atoms with E-state index in [1.165, 1.54) is 30.1 Å². The second kappa shape index (κ2) is 8.53. The van der Waals surface area contributed by atoms with Crippen molar-refractivity contribution in [3.05, 3.63) is 63.6 Å². The van der Waals surface area contributed by atoms with Gasteiger partial charge in [0.2, 0.25) is 0 Å². The van der Waals surface area contributed by atoms with Crippen molar-refractivity contribution in [2.75, 3.05) is 6.26 Å². The molecule has 176 valence electrons. The predicted molar refractivity (Wildman–Crippen MR) is 124 cm³/mol. The van der Waals surface area contributed by atoms with Gasteiger partial charge in [0.15, 0.2) is 9.84 Å². The second-order valence-electron chi connectivity index (χ2n) is 8.46. The quantitative estimate of drug-likeness (QED) is 0.534. The van der Waals surface area contributed by atoms with Gasteiger partial charge in [-0.2, -0.15) is 10.4 Å². The maximum Gasteiger partial charge on any atom is 0.263 e. The summed E-state index contributed by atoms with van der Waals surface area (Å²) in [6.45, 7) is 1.84. The summed E-state index contributed by atoms with van der Waals surface area (Å²) in [5, 5.41) is 19.9. The average molecular weight is 482 g/mol. The molecule has 11 heteroatoms. The highest BCUT2D eigenvalue weighted by Gasteiger charge is 2.57. The first kappa shape index (κ1) is 23.4.